The van der Waals surface area contributed by atoms with Gasteiger partial charge in [0.25, 0.3) is 0 Å². The molecule has 0 bridgehead atoms. The molecule has 0 saturated carbocycles. The number of nitrogens with zero attached hydrogens (tertiary/aromatic N) is 1. The lowest BCUT2D eigenvalue weighted by atomic mass is 9.94. The van der Waals surface area contributed by atoms with Gasteiger partial charge < -0.3 is 4.90 Å². The van der Waals surface area contributed by atoms with Crippen LogP contribution in [0.25, 0.3) is 54.6 Å². The lowest BCUT2D eigenvalue weighted by molar-refractivity contribution is 1.29. The summed E-state index contributed by atoms with van der Waals surface area (Å²) in [6.07, 6.45) is 0. The Kier molecular flexibility index (Phi) is 6.20. The number of hydrogen-bond acceptors (Lipinski definition) is 1. The van der Waals surface area contributed by atoms with Gasteiger partial charge in [0.2, 0.25) is 0 Å². The molecule has 202 valence electrons. The summed E-state index contributed by atoms with van der Waals surface area (Å²) < 4.78 is 0. The Morgan fingerprint density at radius 2 is 0.581 bits per heavy atom. The maximum atomic E-state index is 2.35. The van der Waals surface area contributed by atoms with Crippen molar-refractivity contribution in [1.29, 1.82) is 0 Å². The van der Waals surface area contributed by atoms with Crippen LogP contribution in [0, 0.1) is 0 Å². The maximum Gasteiger partial charge on any atom is 0.0468 e. The first-order valence-corrected chi connectivity index (χ1v) is 14.8. The molecule has 0 spiro atoms. The molecule has 0 unspecified atom stereocenters. The normalized spacial score (nSPS) is 11.3. The minimum Gasteiger partial charge on any atom is -0.310 e. The van der Waals surface area contributed by atoms with E-state index in [1.807, 2.05) is 0 Å². The first kappa shape index (κ1) is 25.1. The zero-order valence-electron chi connectivity index (χ0n) is 23.7. The molecule has 0 N–H and O–H groups in total. The second-order valence-corrected chi connectivity index (χ2v) is 11.0. The smallest absolute Gasteiger partial charge is 0.0468 e. The Morgan fingerprint density at radius 3 is 1.12 bits per heavy atom. The van der Waals surface area contributed by atoms with Crippen molar-refractivity contribution in [2.75, 3.05) is 4.90 Å². The first-order chi connectivity index (χ1) is 21.3. The minimum atomic E-state index is 1.13. The molecule has 1 nitrogen and oxygen atoms in total. The standard InChI is InChI=1S/C42H29N/c1-3-11-30(12-4-1)31-19-21-32(22-20-31)33-23-25-35(26-24-33)43(34-13-5-2-6-14-34)36-27-28-41-39-17-8-7-15-37(39)38-16-9-10-18-40(38)42(41)29-36/h1-29H. The third-order valence-electron chi connectivity index (χ3n) is 8.45. The van der Waals surface area contributed by atoms with Gasteiger partial charge in [0.15, 0.2) is 0 Å². The lowest BCUT2D eigenvalue weighted by Crippen LogP contribution is -2.09. The predicted octanol–water partition coefficient (Wildman–Crippen LogP) is 11.9. The molecule has 0 fully saturated rings. The van der Waals surface area contributed by atoms with Crippen LogP contribution in [-0.2, 0) is 0 Å². The molecule has 0 atom stereocenters. The third-order valence-corrected chi connectivity index (χ3v) is 8.45. The molecule has 0 heterocycles. The molecule has 8 rings (SSSR count). The van der Waals surface area contributed by atoms with E-state index in [1.165, 1.54) is 54.6 Å². The number of hydrogen-bond donors (Lipinski definition) is 0. The largest absolute Gasteiger partial charge is 0.310 e. The Bertz CT molecular complexity index is 2160. The molecular weight excluding hydrogens is 518 g/mol. The summed E-state index contributed by atoms with van der Waals surface area (Å²) in [6.45, 7) is 0. The van der Waals surface area contributed by atoms with Crippen LogP contribution in [0.5, 0.6) is 0 Å². The Morgan fingerprint density at radius 1 is 0.233 bits per heavy atom. The molecule has 0 aliphatic rings. The summed E-state index contributed by atoms with van der Waals surface area (Å²) in [7, 11) is 0. The van der Waals surface area contributed by atoms with E-state index in [0.29, 0.717) is 0 Å². The number of anilines is 3. The molecule has 8 aromatic rings. The predicted molar refractivity (Wildman–Crippen MR) is 185 cm³/mol. The first-order valence-electron chi connectivity index (χ1n) is 14.8. The van der Waals surface area contributed by atoms with Crippen molar-refractivity contribution in [2.24, 2.45) is 0 Å². The molecule has 0 aliphatic carbocycles. The summed E-state index contributed by atoms with van der Waals surface area (Å²) in [5, 5.41) is 7.70. The lowest BCUT2D eigenvalue weighted by Gasteiger charge is -2.26. The SMILES string of the molecule is c1ccc(-c2ccc(-c3ccc(N(c4ccccc4)c4ccc5c6ccccc6c6ccccc6c5c4)cc3)cc2)cc1. The van der Waals surface area contributed by atoms with E-state index in [2.05, 4.69) is 181 Å². The van der Waals surface area contributed by atoms with E-state index < -0.39 is 0 Å². The van der Waals surface area contributed by atoms with Crippen LogP contribution in [0.2, 0.25) is 0 Å². The van der Waals surface area contributed by atoms with Gasteiger partial charge in [-0.1, -0.05) is 140 Å². The van der Waals surface area contributed by atoms with Crippen molar-refractivity contribution in [3.8, 4) is 22.3 Å². The molecular formula is C42H29N. The van der Waals surface area contributed by atoms with Crippen molar-refractivity contribution in [3.63, 3.8) is 0 Å². The van der Waals surface area contributed by atoms with Crippen molar-refractivity contribution in [3.05, 3.63) is 176 Å². The molecule has 0 aromatic heterocycles. The molecule has 8 aromatic carbocycles. The molecule has 0 saturated heterocycles. The van der Waals surface area contributed by atoms with Gasteiger partial charge in [-0.05, 0) is 91.0 Å². The van der Waals surface area contributed by atoms with Gasteiger partial charge in [0.1, 0.15) is 0 Å². The van der Waals surface area contributed by atoms with Crippen LogP contribution in [0.3, 0.4) is 0 Å². The van der Waals surface area contributed by atoms with E-state index in [-0.39, 0.29) is 0 Å². The zero-order chi connectivity index (χ0) is 28.6. The molecule has 0 amide bonds. The highest BCUT2D eigenvalue weighted by Gasteiger charge is 2.15. The van der Waals surface area contributed by atoms with Gasteiger partial charge >= 0.3 is 0 Å². The average Bonchev–Trinajstić information content (AvgIpc) is 3.10. The van der Waals surface area contributed by atoms with E-state index in [1.54, 1.807) is 0 Å². The summed E-state index contributed by atoms with van der Waals surface area (Å²) in [5.74, 6) is 0. The van der Waals surface area contributed by atoms with Gasteiger partial charge in [-0.25, -0.2) is 0 Å². The van der Waals surface area contributed by atoms with E-state index >= 15 is 0 Å². The van der Waals surface area contributed by atoms with E-state index in [9.17, 15) is 0 Å². The van der Waals surface area contributed by atoms with Crippen LogP contribution in [0.1, 0.15) is 0 Å². The fraction of sp³-hybridized carbons (Fsp3) is 0. The van der Waals surface area contributed by atoms with Crippen LogP contribution < -0.4 is 4.90 Å². The fourth-order valence-corrected chi connectivity index (χ4v) is 6.35. The quantitative estimate of drug-likeness (QED) is 0.194. The van der Waals surface area contributed by atoms with Crippen molar-refractivity contribution in [1.82, 2.24) is 0 Å². The van der Waals surface area contributed by atoms with Crippen LogP contribution in [0.15, 0.2) is 176 Å². The van der Waals surface area contributed by atoms with Gasteiger partial charge in [-0.15, -0.1) is 0 Å². The number of fused-ring (bicyclic) bond motifs is 6. The van der Waals surface area contributed by atoms with Gasteiger partial charge in [0.05, 0.1) is 0 Å². The Hall–Kier alpha value is -5.66. The van der Waals surface area contributed by atoms with Gasteiger partial charge in [-0.2, -0.15) is 0 Å². The summed E-state index contributed by atoms with van der Waals surface area (Å²) in [4.78, 5) is 2.35. The number of rotatable bonds is 5. The molecule has 0 aliphatic heterocycles. The van der Waals surface area contributed by atoms with Crippen molar-refractivity contribution >= 4 is 49.4 Å². The fourth-order valence-electron chi connectivity index (χ4n) is 6.35. The van der Waals surface area contributed by atoms with Crippen LogP contribution >= 0.6 is 0 Å². The molecule has 43 heavy (non-hydrogen) atoms. The summed E-state index contributed by atoms with van der Waals surface area (Å²) in [6, 6.07) is 63.3. The zero-order valence-corrected chi connectivity index (χ0v) is 23.7. The van der Waals surface area contributed by atoms with Gasteiger partial charge in [0, 0.05) is 17.1 Å². The topological polar surface area (TPSA) is 3.24 Å². The van der Waals surface area contributed by atoms with Gasteiger partial charge in [-0.3, -0.25) is 0 Å². The molecule has 0 radical (unpaired) electrons. The molecule has 1 heteroatoms. The Labute approximate surface area is 251 Å². The highest BCUT2D eigenvalue weighted by molar-refractivity contribution is 6.25. The van der Waals surface area contributed by atoms with Crippen LogP contribution in [0.4, 0.5) is 17.1 Å². The van der Waals surface area contributed by atoms with Crippen molar-refractivity contribution in [2.45, 2.75) is 0 Å². The summed E-state index contributed by atoms with van der Waals surface area (Å²) in [5.41, 5.74) is 8.27. The highest BCUT2D eigenvalue weighted by atomic mass is 15.1. The highest BCUT2D eigenvalue weighted by Crippen LogP contribution is 2.41. The number of para-hydroxylation sites is 1. The number of benzene rings is 8. The second kappa shape index (κ2) is 10.6. The summed E-state index contributed by atoms with van der Waals surface area (Å²) >= 11 is 0. The minimum absolute atomic E-state index is 1.13. The van der Waals surface area contributed by atoms with E-state index in [0.717, 1.165) is 17.1 Å². The average molecular weight is 548 g/mol. The second-order valence-electron chi connectivity index (χ2n) is 11.0. The third kappa shape index (κ3) is 4.52. The Balaban J connectivity index is 1.23. The van der Waals surface area contributed by atoms with Crippen LogP contribution in [-0.4, -0.2) is 0 Å². The maximum absolute atomic E-state index is 2.35. The van der Waals surface area contributed by atoms with E-state index in [4.69, 9.17) is 0 Å². The van der Waals surface area contributed by atoms with Crippen molar-refractivity contribution < 1.29 is 0 Å². The monoisotopic (exact) mass is 547 g/mol.